The average molecular weight is 628 g/mol. The second-order valence-electron chi connectivity index (χ2n) is 13.6. The summed E-state index contributed by atoms with van der Waals surface area (Å²) in [5, 5.41) is 9.03. The largest absolute Gasteiger partial charge is 0.465 e. The molecule has 2 unspecified atom stereocenters. The quantitative estimate of drug-likeness (QED) is 0.323. The van der Waals surface area contributed by atoms with Crippen molar-refractivity contribution in [2.75, 3.05) is 60.5 Å². The molecule has 0 saturated carbocycles. The van der Waals surface area contributed by atoms with Crippen LogP contribution in [0, 0.1) is 29.6 Å². The summed E-state index contributed by atoms with van der Waals surface area (Å²) in [6, 6.07) is 0. The van der Waals surface area contributed by atoms with Gasteiger partial charge >= 0.3 is 5.97 Å². The number of carbonyl (C=O) groups excluding carboxylic acids is 3. The molecule has 0 bridgehead atoms. The highest BCUT2D eigenvalue weighted by molar-refractivity contribution is 6.00. The first kappa shape index (κ1) is 42.5. The van der Waals surface area contributed by atoms with Crippen molar-refractivity contribution >= 4 is 17.7 Å². The Labute approximate surface area is 270 Å². The summed E-state index contributed by atoms with van der Waals surface area (Å²) in [5.74, 6) is 0.504. The molecule has 7 atom stereocenters. The number of rotatable bonds is 4. The number of Topliss-reactive ketones (excluding diaryl/α,β-unsaturated/α-hetero) is 1. The van der Waals surface area contributed by atoms with Crippen LogP contribution in [0.4, 0.5) is 0 Å². The molecule has 9 nitrogen and oxygen atoms in total. The topological polar surface area (TPSA) is 99.6 Å². The van der Waals surface area contributed by atoms with E-state index in [9.17, 15) is 14.4 Å². The maximum absolute atomic E-state index is 13.1. The molecule has 0 radical (unpaired) electrons. The van der Waals surface area contributed by atoms with Crippen LogP contribution in [0.2, 0.25) is 0 Å². The molecule has 0 aromatic heterocycles. The third-order valence-electron chi connectivity index (χ3n) is 8.23. The zero-order valence-corrected chi connectivity index (χ0v) is 30.3. The minimum absolute atomic E-state index is 0.0278. The third kappa shape index (κ3) is 18.4. The van der Waals surface area contributed by atoms with Gasteiger partial charge in [-0.25, -0.2) is 0 Å². The number of aliphatic hydroxyl groups is 1. The van der Waals surface area contributed by atoms with Gasteiger partial charge in [0, 0.05) is 38.5 Å². The smallest absolute Gasteiger partial charge is 0.316 e. The highest BCUT2D eigenvalue weighted by atomic mass is 16.6. The summed E-state index contributed by atoms with van der Waals surface area (Å²) in [6.45, 7) is 20.4. The van der Waals surface area contributed by atoms with E-state index in [1.807, 2.05) is 58.5 Å². The Kier molecular flexibility index (Phi) is 22.9. The highest BCUT2D eigenvalue weighted by Gasteiger charge is 2.31. The first-order valence-corrected chi connectivity index (χ1v) is 17.4. The van der Waals surface area contributed by atoms with Gasteiger partial charge in [0.1, 0.15) is 11.7 Å². The molecule has 2 saturated heterocycles. The molecule has 0 aliphatic carbocycles. The van der Waals surface area contributed by atoms with Gasteiger partial charge in [0.25, 0.3) is 0 Å². The van der Waals surface area contributed by atoms with E-state index < -0.39 is 12.2 Å². The van der Waals surface area contributed by atoms with Crippen LogP contribution in [-0.4, -0.2) is 110 Å². The minimum Gasteiger partial charge on any atom is -0.465 e. The highest BCUT2D eigenvalue weighted by Crippen LogP contribution is 2.25. The average Bonchev–Trinajstić information content (AvgIpc) is 2.92. The van der Waals surface area contributed by atoms with Crippen molar-refractivity contribution in [3.63, 3.8) is 0 Å². The fourth-order valence-electron chi connectivity index (χ4n) is 6.30. The zero-order chi connectivity index (χ0) is 33.8. The van der Waals surface area contributed by atoms with Crippen LogP contribution in [0.5, 0.6) is 0 Å². The van der Waals surface area contributed by atoms with Gasteiger partial charge in [0.05, 0.1) is 19.3 Å². The predicted molar refractivity (Wildman–Crippen MR) is 179 cm³/mol. The van der Waals surface area contributed by atoms with Crippen LogP contribution < -0.4 is 0 Å². The van der Waals surface area contributed by atoms with E-state index in [1.165, 1.54) is 0 Å². The predicted octanol–water partition coefficient (Wildman–Crippen LogP) is 5.49. The first-order valence-electron chi connectivity index (χ1n) is 17.4. The number of esters is 1. The van der Waals surface area contributed by atoms with Gasteiger partial charge in [0.2, 0.25) is 5.91 Å². The number of hydrogen-bond donors (Lipinski definition) is 1. The van der Waals surface area contributed by atoms with Crippen molar-refractivity contribution in [3.8, 4) is 0 Å². The summed E-state index contributed by atoms with van der Waals surface area (Å²) < 4.78 is 10.6. The van der Waals surface area contributed by atoms with E-state index in [0.717, 1.165) is 51.6 Å². The van der Waals surface area contributed by atoms with Crippen LogP contribution in [0.1, 0.15) is 107 Å². The third-order valence-corrected chi connectivity index (χ3v) is 8.23. The van der Waals surface area contributed by atoms with Gasteiger partial charge in [0.15, 0.2) is 6.29 Å². The van der Waals surface area contributed by atoms with Crippen LogP contribution in [-0.2, 0) is 23.9 Å². The molecule has 0 spiro atoms. The van der Waals surface area contributed by atoms with E-state index in [1.54, 1.807) is 0 Å². The number of ketones is 1. The summed E-state index contributed by atoms with van der Waals surface area (Å²) in [7, 11) is 5.93. The maximum atomic E-state index is 13.1. The number of amides is 1. The first-order chi connectivity index (χ1) is 20.7. The van der Waals surface area contributed by atoms with E-state index in [2.05, 4.69) is 32.7 Å². The molecule has 2 aliphatic heterocycles. The molecule has 260 valence electrons. The molecule has 2 aliphatic rings. The lowest BCUT2D eigenvalue weighted by molar-refractivity contribution is -0.169. The molecule has 9 heteroatoms. The number of ether oxygens (including phenoxy) is 2. The lowest BCUT2D eigenvalue weighted by Crippen LogP contribution is -2.43. The van der Waals surface area contributed by atoms with E-state index >= 15 is 0 Å². The van der Waals surface area contributed by atoms with Gasteiger partial charge < -0.3 is 29.3 Å². The zero-order valence-electron chi connectivity index (χ0n) is 30.3. The van der Waals surface area contributed by atoms with Gasteiger partial charge in [-0.05, 0) is 84.3 Å². The number of likely N-dealkylation sites (N-methyl/N-ethyl adjacent to an activating group) is 2. The summed E-state index contributed by atoms with van der Waals surface area (Å²) in [4.78, 5) is 44.6. The molecule has 1 N–H and O–H groups in total. The SMILES string of the molecule is CC.CCCC1C(=O)OCCCCN(C(=O)CN(C)C)CCN(C)C[C@H](C)C[C@@H](C)CC(C)C1=O.C[C@H]1C[C@@H](C)O[C@@H](O)C1. The molecule has 0 aromatic carbocycles. The molecular formula is C35H69N3O6. The Morgan fingerprint density at radius 1 is 0.909 bits per heavy atom. The van der Waals surface area contributed by atoms with Crippen molar-refractivity contribution < 1.29 is 29.0 Å². The second-order valence-corrected chi connectivity index (χ2v) is 13.6. The number of cyclic esters (lactones) is 1. The Hall–Kier alpha value is -1.55. The van der Waals surface area contributed by atoms with Gasteiger partial charge in [-0.15, -0.1) is 0 Å². The second kappa shape index (κ2) is 23.7. The van der Waals surface area contributed by atoms with Crippen LogP contribution in [0.25, 0.3) is 0 Å². The molecule has 2 heterocycles. The molecule has 1 amide bonds. The normalized spacial score (nSPS) is 30.6. The summed E-state index contributed by atoms with van der Waals surface area (Å²) in [6.07, 6.45) is 6.22. The van der Waals surface area contributed by atoms with E-state index in [4.69, 9.17) is 14.6 Å². The van der Waals surface area contributed by atoms with Crippen LogP contribution in [0.3, 0.4) is 0 Å². The number of hydrogen-bond acceptors (Lipinski definition) is 8. The fraction of sp³-hybridized carbons (Fsp3) is 0.914. The van der Waals surface area contributed by atoms with Crippen molar-refractivity contribution in [2.24, 2.45) is 29.6 Å². The monoisotopic (exact) mass is 628 g/mol. The summed E-state index contributed by atoms with van der Waals surface area (Å²) >= 11 is 0. The lowest BCUT2D eigenvalue weighted by atomic mass is 9.83. The van der Waals surface area contributed by atoms with Gasteiger partial charge in [-0.1, -0.05) is 54.9 Å². The maximum Gasteiger partial charge on any atom is 0.316 e. The lowest BCUT2D eigenvalue weighted by Gasteiger charge is -2.29. The molecule has 0 aromatic rings. The van der Waals surface area contributed by atoms with Crippen molar-refractivity contribution in [1.29, 1.82) is 0 Å². The van der Waals surface area contributed by atoms with E-state index in [-0.39, 0.29) is 29.7 Å². The van der Waals surface area contributed by atoms with E-state index in [0.29, 0.717) is 56.8 Å². The van der Waals surface area contributed by atoms with Crippen LogP contribution >= 0.6 is 0 Å². The van der Waals surface area contributed by atoms with Crippen molar-refractivity contribution in [1.82, 2.24) is 14.7 Å². The molecular weight excluding hydrogens is 558 g/mol. The number of nitrogens with zero attached hydrogens (tertiary/aromatic N) is 3. The molecule has 44 heavy (non-hydrogen) atoms. The number of carbonyl (C=O) groups is 3. The van der Waals surface area contributed by atoms with Crippen molar-refractivity contribution in [2.45, 2.75) is 119 Å². The Bertz CT molecular complexity index is 769. The van der Waals surface area contributed by atoms with Gasteiger partial charge in [-0.2, -0.15) is 0 Å². The van der Waals surface area contributed by atoms with Crippen molar-refractivity contribution in [3.05, 3.63) is 0 Å². The fourth-order valence-corrected chi connectivity index (χ4v) is 6.30. The number of aliphatic hydroxyl groups excluding tert-OH is 1. The molecule has 2 rings (SSSR count). The van der Waals surface area contributed by atoms with Crippen LogP contribution in [0.15, 0.2) is 0 Å². The Morgan fingerprint density at radius 2 is 1.55 bits per heavy atom. The summed E-state index contributed by atoms with van der Waals surface area (Å²) in [5.41, 5.74) is 0. The minimum atomic E-state index is -0.655. The Morgan fingerprint density at radius 3 is 2.11 bits per heavy atom. The molecule has 2 fully saturated rings. The van der Waals surface area contributed by atoms with Gasteiger partial charge in [-0.3, -0.25) is 14.4 Å². The standard InChI is InChI=1S/C26H49N3O4.C7H14O2.C2H6/c1-8-11-23-25(31)22(4)17-20(2)16-21(3)18-28(7)13-14-29(24(30)19-27(5)6)12-9-10-15-33-26(23)32;1-5-3-6(2)9-7(8)4-5;1-2/h20-23H,8-19H2,1-7H3;5-8H,3-4H2,1-2H3;1-2H3/t20-,21-,22?,23?;5-,6+,7+;/m10./s1. The Balaban J connectivity index is 0.00000141.